The Hall–Kier alpha value is -2.56. The van der Waals surface area contributed by atoms with Crippen LogP contribution in [-0.4, -0.2) is 42.8 Å². The van der Waals surface area contributed by atoms with Gasteiger partial charge in [0.05, 0.1) is 12.7 Å². The molecule has 0 bridgehead atoms. The maximum atomic E-state index is 12.3. The van der Waals surface area contributed by atoms with Crippen LogP contribution in [0.1, 0.15) is 55.5 Å². The third-order valence-electron chi connectivity index (χ3n) is 4.92. The molecule has 3 rings (SSSR count). The predicted octanol–water partition coefficient (Wildman–Crippen LogP) is 4.74. The summed E-state index contributed by atoms with van der Waals surface area (Å²) in [5.41, 5.74) is 1.36. The van der Waals surface area contributed by atoms with E-state index in [4.69, 9.17) is 9.47 Å². The van der Waals surface area contributed by atoms with Crippen LogP contribution in [0.2, 0.25) is 0 Å². The summed E-state index contributed by atoms with van der Waals surface area (Å²) in [5.74, 6) is 0.0596. The first-order valence-electron chi connectivity index (χ1n) is 9.37. The molecule has 1 amide bonds. The Kier molecular flexibility index (Phi) is 5.40. The van der Waals surface area contributed by atoms with E-state index in [9.17, 15) is 9.59 Å². The van der Waals surface area contributed by atoms with Gasteiger partial charge in [0.25, 0.3) is 0 Å². The number of ether oxygens (including phenoxy) is 2. The molecule has 0 atom stereocenters. The molecule has 0 radical (unpaired) electrons. The average molecular weight is 369 g/mol. The molecule has 1 fully saturated rings. The molecule has 0 spiro atoms. The first-order valence-corrected chi connectivity index (χ1v) is 9.37. The van der Waals surface area contributed by atoms with Gasteiger partial charge in [0, 0.05) is 13.1 Å². The molecule has 144 valence electrons. The Morgan fingerprint density at radius 3 is 2.41 bits per heavy atom. The fourth-order valence-corrected chi connectivity index (χ4v) is 3.61. The van der Waals surface area contributed by atoms with Crippen molar-refractivity contribution < 1.29 is 19.1 Å². The van der Waals surface area contributed by atoms with Gasteiger partial charge in [-0.15, -0.1) is 0 Å². The lowest BCUT2D eigenvalue weighted by Gasteiger charge is -2.34. The molecular weight excluding hydrogens is 342 g/mol. The third-order valence-corrected chi connectivity index (χ3v) is 4.92. The number of amides is 1. The van der Waals surface area contributed by atoms with Crippen LogP contribution in [0.5, 0.6) is 0 Å². The molecule has 0 saturated carbocycles. The summed E-state index contributed by atoms with van der Waals surface area (Å²) < 4.78 is 10.3. The van der Waals surface area contributed by atoms with Crippen LogP contribution in [0.3, 0.4) is 0 Å². The lowest BCUT2D eigenvalue weighted by Crippen LogP contribution is -2.41. The van der Waals surface area contributed by atoms with Crippen LogP contribution in [0.4, 0.5) is 4.79 Å². The van der Waals surface area contributed by atoms with Gasteiger partial charge in [0.15, 0.2) is 0 Å². The number of benzene rings is 2. The van der Waals surface area contributed by atoms with Crippen molar-refractivity contribution in [1.29, 1.82) is 0 Å². The van der Waals surface area contributed by atoms with E-state index in [0.29, 0.717) is 24.6 Å². The first kappa shape index (κ1) is 19.2. The molecule has 1 aliphatic heterocycles. The number of fused-ring (bicyclic) bond motifs is 1. The van der Waals surface area contributed by atoms with Gasteiger partial charge in [-0.25, -0.2) is 9.59 Å². The quantitative estimate of drug-likeness (QED) is 0.718. The molecule has 5 nitrogen and oxygen atoms in total. The Morgan fingerprint density at radius 2 is 1.78 bits per heavy atom. The zero-order valence-corrected chi connectivity index (χ0v) is 16.5. The van der Waals surface area contributed by atoms with E-state index >= 15 is 0 Å². The van der Waals surface area contributed by atoms with Crippen molar-refractivity contribution in [2.75, 3.05) is 20.2 Å². The monoisotopic (exact) mass is 369 g/mol. The molecule has 1 saturated heterocycles. The van der Waals surface area contributed by atoms with Crippen LogP contribution in [0.15, 0.2) is 36.4 Å². The zero-order chi connectivity index (χ0) is 19.6. The SMILES string of the molecule is COC(=O)c1ccc2c(C3CCN(C(=O)OC(C)(C)C)CC3)cccc2c1. The summed E-state index contributed by atoms with van der Waals surface area (Å²) in [5, 5.41) is 2.19. The highest BCUT2D eigenvalue weighted by atomic mass is 16.6. The Labute approximate surface area is 160 Å². The van der Waals surface area contributed by atoms with Crippen LogP contribution < -0.4 is 0 Å². The van der Waals surface area contributed by atoms with Crippen molar-refractivity contribution in [1.82, 2.24) is 4.90 Å². The van der Waals surface area contributed by atoms with Gasteiger partial charge in [-0.05, 0) is 68.0 Å². The molecule has 27 heavy (non-hydrogen) atoms. The summed E-state index contributed by atoms with van der Waals surface area (Å²) in [6, 6.07) is 11.9. The van der Waals surface area contributed by atoms with Gasteiger partial charge >= 0.3 is 12.1 Å². The van der Waals surface area contributed by atoms with E-state index < -0.39 is 5.60 Å². The van der Waals surface area contributed by atoms with E-state index in [2.05, 4.69) is 6.07 Å². The lowest BCUT2D eigenvalue weighted by molar-refractivity contribution is 0.0205. The number of carbonyl (C=O) groups is 2. The highest BCUT2D eigenvalue weighted by Gasteiger charge is 2.28. The first-order chi connectivity index (χ1) is 12.8. The number of rotatable bonds is 2. The molecule has 2 aromatic carbocycles. The van der Waals surface area contributed by atoms with Crippen LogP contribution in [0, 0.1) is 0 Å². The van der Waals surface area contributed by atoms with E-state index in [-0.39, 0.29) is 12.1 Å². The highest BCUT2D eigenvalue weighted by molar-refractivity contribution is 5.96. The minimum atomic E-state index is -0.471. The normalized spacial score (nSPS) is 15.6. The summed E-state index contributed by atoms with van der Waals surface area (Å²) >= 11 is 0. The van der Waals surface area contributed by atoms with E-state index in [1.54, 1.807) is 4.90 Å². The standard InChI is InChI=1S/C22H27NO4/c1-22(2,3)27-21(25)23-12-10-15(11-13-23)18-7-5-6-16-14-17(20(24)26-4)8-9-19(16)18/h5-9,14-15H,10-13H2,1-4H3. The van der Waals surface area contributed by atoms with Crippen molar-refractivity contribution >= 4 is 22.8 Å². The van der Waals surface area contributed by atoms with E-state index in [1.165, 1.54) is 12.7 Å². The Balaban J connectivity index is 1.75. The number of piperidine rings is 1. The van der Waals surface area contributed by atoms with Gasteiger partial charge in [0.1, 0.15) is 5.60 Å². The number of hydrogen-bond donors (Lipinski definition) is 0. The predicted molar refractivity (Wildman–Crippen MR) is 105 cm³/mol. The Morgan fingerprint density at radius 1 is 1.07 bits per heavy atom. The zero-order valence-electron chi connectivity index (χ0n) is 16.5. The van der Waals surface area contributed by atoms with Gasteiger partial charge < -0.3 is 14.4 Å². The van der Waals surface area contributed by atoms with Crippen LogP contribution in [-0.2, 0) is 9.47 Å². The molecule has 0 N–H and O–H groups in total. The van der Waals surface area contributed by atoms with Crippen molar-refractivity contribution in [3.05, 3.63) is 47.5 Å². The van der Waals surface area contributed by atoms with Gasteiger partial charge in [0.2, 0.25) is 0 Å². The fourth-order valence-electron chi connectivity index (χ4n) is 3.61. The Bertz CT molecular complexity index is 845. The lowest BCUT2D eigenvalue weighted by atomic mass is 9.86. The van der Waals surface area contributed by atoms with E-state index in [1.807, 2.05) is 51.1 Å². The van der Waals surface area contributed by atoms with Gasteiger partial charge in [-0.1, -0.05) is 24.3 Å². The number of carbonyl (C=O) groups excluding carboxylic acids is 2. The van der Waals surface area contributed by atoms with Crippen molar-refractivity contribution in [3.8, 4) is 0 Å². The number of methoxy groups -OCH3 is 1. The summed E-state index contributed by atoms with van der Waals surface area (Å²) in [7, 11) is 1.39. The molecule has 2 aromatic rings. The molecular formula is C22H27NO4. The summed E-state index contributed by atoms with van der Waals surface area (Å²) in [6.07, 6.45) is 1.57. The number of likely N-dealkylation sites (tertiary alicyclic amines) is 1. The van der Waals surface area contributed by atoms with Crippen molar-refractivity contribution in [3.63, 3.8) is 0 Å². The minimum Gasteiger partial charge on any atom is -0.465 e. The fraction of sp³-hybridized carbons (Fsp3) is 0.455. The largest absolute Gasteiger partial charge is 0.465 e. The van der Waals surface area contributed by atoms with Crippen LogP contribution in [0.25, 0.3) is 10.8 Å². The smallest absolute Gasteiger partial charge is 0.410 e. The second kappa shape index (κ2) is 7.59. The van der Waals surface area contributed by atoms with Crippen LogP contribution >= 0.6 is 0 Å². The molecule has 0 aliphatic carbocycles. The number of nitrogens with zero attached hydrogens (tertiary/aromatic N) is 1. The number of esters is 1. The average Bonchev–Trinajstić information content (AvgIpc) is 2.65. The maximum absolute atomic E-state index is 12.3. The number of hydrogen-bond acceptors (Lipinski definition) is 4. The summed E-state index contributed by atoms with van der Waals surface area (Å²) in [4.78, 5) is 25.8. The topological polar surface area (TPSA) is 55.8 Å². The van der Waals surface area contributed by atoms with Gasteiger partial charge in [-0.3, -0.25) is 0 Å². The molecule has 1 heterocycles. The maximum Gasteiger partial charge on any atom is 0.410 e. The molecule has 1 aliphatic rings. The minimum absolute atomic E-state index is 0.235. The second-order valence-electron chi connectivity index (χ2n) is 8.02. The van der Waals surface area contributed by atoms with E-state index in [0.717, 1.165) is 23.6 Å². The molecule has 5 heteroatoms. The van der Waals surface area contributed by atoms with Crippen molar-refractivity contribution in [2.24, 2.45) is 0 Å². The van der Waals surface area contributed by atoms with Crippen molar-refractivity contribution in [2.45, 2.75) is 45.1 Å². The summed E-state index contributed by atoms with van der Waals surface area (Å²) in [6.45, 7) is 7.04. The third kappa shape index (κ3) is 4.41. The van der Waals surface area contributed by atoms with Gasteiger partial charge in [-0.2, -0.15) is 0 Å². The second-order valence-corrected chi connectivity index (χ2v) is 8.02. The molecule has 0 unspecified atom stereocenters. The highest BCUT2D eigenvalue weighted by Crippen LogP contribution is 2.34. The molecule has 0 aromatic heterocycles.